The van der Waals surface area contributed by atoms with Crippen molar-refractivity contribution in [1.29, 1.82) is 0 Å². The van der Waals surface area contributed by atoms with Crippen LogP contribution < -0.4 is 16.6 Å². The van der Waals surface area contributed by atoms with Crippen LogP contribution in [0.2, 0.25) is 0 Å². The predicted octanol–water partition coefficient (Wildman–Crippen LogP) is 1.56. The fourth-order valence-electron chi connectivity index (χ4n) is 3.34. The maximum atomic E-state index is 12.8. The normalized spacial score (nSPS) is 15.9. The summed E-state index contributed by atoms with van der Waals surface area (Å²) >= 11 is 0. The summed E-state index contributed by atoms with van der Waals surface area (Å²) in [6.07, 6.45) is 0.135. The molecule has 0 aliphatic heterocycles. The quantitative estimate of drug-likeness (QED) is 0.870. The van der Waals surface area contributed by atoms with Gasteiger partial charge in [0, 0.05) is 13.1 Å². The summed E-state index contributed by atoms with van der Waals surface area (Å²) in [4.78, 5) is 40.6. The Balaban J connectivity index is 1.95. The molecule has 27 heavy (non-hydrogen) atoms. The van der Waals surface area contributed by atoms with E-state index in [1.807, 2.05) is 0 Å². The summed E-state index contributed by atoms with van der Waals surface area (Å²) in [7, 11) is 1.22. The van der Waals surface area contributed by atoms with Gasteiger partial charge in [0.25, 0.3) is 5.56 Å². The standard InChI is InChI=1S/C17H19F3N4O3/c1-23-14-11(7-8-12(22-14)17(18,19)20)15(26)24(16(23)27)9-13(25)21-10-5-3-2-4-6-10/h7-8,10H,2-6,9H2,1H3,(H,21,25). The molecule has 146 valence electrons. The van der Waals surface area contributed by atoms with E-state index in [1.165, 1.54) is 7.05 Å². The van der Waals surface area contributed by atoms with Crippen molar-refractivity contribution in [3.05, 3.63) is 38.7 Å². The predicted molar refractivity (Wildman–Crippen MR) is 91.3 cm³/mol. The van der Waals surface area contributed by atoms with Crippen molar-refractivity contribution < 1.29 is 18.0 Å². The van der Waals surface area contributed by atoms with E-state index in [4.69, 9.17) is 0 Å². The van der Waals surface area contributed by atoms with Gasteiger partial charge in [-0.3, -0.25) is 18.7 Å². The fourth-order valence-corrected chi connectivity index (χ4v) is 3.34. The van der Waals surface area contributed by atoms with Crippen LogP contribution in [-0.2, 0) is 24.6 Å². The Hall–Kier alpha value is -2.65. The SMILES string of the molecule is Cn1c(=O)n(CC(=O)NC2CCCCC2)c(=O)c2ccc(C(F)(F)F)nc21. The number of fused-ring (bicyclic) bond motifs is 1. The van der Waals surface area contributed by atoms with E-state index >= 15 is 0 Å². The zero-order valence-electron chi connectivity index (χ0n) is 14.7. The fraction of sp³-hybridized carbons (Fsp3) is 0.529. The van der Waals surface area contributed by atoms with E-state index in [0.29, 0.717) is 6.07 Å². The molecule has 1 amide bonds. The van der Waals surface area contributed by atoms with E-state index in [1.54, 1.807) is 0 Å². The highest BCUT2D eigenvalue weighted by Crippen LogP contribution is 2.28. The molecule has 1 saturated carbocycles. The van der Waals surface area contributed by atoms with Crippen LogP contribution >= 0.6 is 0 Å². The van der Waals surface area contributed by atoms with E-state index < -0.39 is 35.6 Å². The lowest BCUT2D eigenvalue weighted by atomic mass is 9.95. The zero-order valence-corrected chi connectivity index (χ0v) is 14.7. The first-order chi connectivity index (χ1) is 12.7. The number of carbonyl (C=O) groups excluding carboxylic acids is 1. The van der Waals surface area contributed by atoms with E-state index in [0.717, 1.165) is 47.3 Å². The van der Waals surface area contributed by atoms with Crippen LogP contribution in [0.3, 0.4) is 0 Å². The molecule has 2 aromatic rings. The molecule has 0 saturated heterocycles. The van der Waals surface area contributed by atoms with Crippen molar-refractivity contribution in [2.45, 2.75) is 50.9 Å². The van der Waals surface area contributed by atoms with E-state index in [2.05, 4.69) is 10.3 Å². The van der Waals surface area contributed by atoms with Gasteiger partial charge in [-0.05, 0) is 25.0 Å². The molecule has 0 unspecified atom stereocenters. The minimum Gasteiger partial charge on any atom is -0.352 e. The molecular weight excluding hydrogens is 365 g/mol. The van der Waals surface area contributed by atoms with Crippen molar-refractivity contribution in [1.82, 2.24) is 19.4 Å². The minimum atomic E-state index is -4.70. The molecule has 10 heteroatoms. The van der Waals surface area contributed by atoms with Crippen molar-refractivity contribution >= 4 is 16.9 Å². The third-order valence-electron chi connectivity index (χ3n) is 4.75. The Bertz CT molecular complexity index is 988. The number of alkyl halides is 3. The summed E-state index contributed by atoms with van der Waals surface area (Å²) in [5.41, 5.74) is -3.30. The van der Waals surface area contributed by atoms with Gasteiger partial charge in [0.2, 0.25) is 5.91 Å². The maximum absolute atomic E-state index is 12.8. The molecule has 0 radical (unpaired) electrons. The Labute approximate surface area is 151 Å². The second kappa shape index (κ2) is 7.16. The van der Waals surface area contributed by atoms with Crippen molar-refractivity contribution in [2.75, 3.05) is 0 Å². The van der Waals surface area contributed by atoms with Crippen molar-refractivity contribution in [3.63, 3.8) is 0 Å². The van der Waals surface area contributed by atoms with Crippen LogP contribution in [-0.4, -0.2) is 26.1 Å². The minimum absolute atomic E-state index is 0.0160. The van der Waals surface area contributed by atoms with Gasteiger partial charge >= 0.3 is 11.9 Å². The molecule has 1 aliphatic rings. The number of carbonyl (C=O) groups is 1. The molecule has 1 fully saturated rings. The molecule has 0 spiro atoms. The summed E-state index contributed by atoms with van der Waals surface area (Å²) in [6, 6.07) is 1.67. The average molecular weight is 384 g/mol. The summed E-state index contributed by atoms with van der Waals surface area (Å²) in [6.45, 7) is -0.487. The highest BCUT2D eigenvalue weighted by Gasteiger charge is 2.33. The van der Waals surface area contributed by atoms with Gasteiger partial charge in [-0.2, -0.15) is 13.2 Å². The molecule has 1 aliphatic carbocycles. The first-order valence-electron chi connectivity index (χ1n) is 8.65. The van der Waals surface area contributed by atoms with Crippen LogP contribution in [0, 0.1) is 0 Å². The number of amides is 1. The molecule has 1 N–H and O–H groups in total. The number of nitrogens with one attached hydrogen (secondary N) is 1. The lowest BCUT2D eigenvalue weighted by Gasteiger charge is -2.22. The third-order valence-corrected chi connectivity index (χ3v) is 4.75. The molecule has 0 bridgehead atoms. The van der Waals surface area contributed by atoms with Crippen LogP contribution in [0.1, 0.15) is 37.8 Å². The Kier molecular flexibility index (Phi) is 5.07. The third kappa shape index (κ3) is 3.88. The van der Waals surface area contributed by atoms with Crippen LogP contribution in [0.15, 0.2) is 21.7 Å². The van der Waals surface area contributed by atoms with Crippen LogP contribution in [0.5, 0.6) is 0 Å². The lowest BCUT2D eigenvalue weighted by Crippen LogP contribution is -2.45. The van der Waals surface area contributed by atoms with Crippen molar-refractivity contribution in [3.8, 4) is 0 Å². The van der Waals surface area contributed by atoms with Gasteiger partial charge in [0.15, 0.2) is 0 Å². The lowest BCUT2D eigenvalue weighted by molar-refractivity contribution is -0.141. The average Bonchev–Trinajstić information content (AvgIpc) is 2.63. The molecule has 2 heterocycles. The number of hydrogen-bond donors (Lipinski definition) is 1. The number of halogens is 3. The van der Waals surface area contributed by atoms with E-state index in [9.17, 15) is 27.6 Å². The Morgan fingerprint density at radius 3 is 2.52 bits per heavy atom. The van der Waals surface area contributed by atoms with Gasteiger partial charge in [-0.25, -0.2) is 9.78 Å². The topological polar surface area (TPSA) is 86.0 Å². The monoisotopic (exact) mass is 384 g/mol. The van der Waals surface area contributed by atoms with Gasteiger partial charge in [-0.15, -0.1) is 0 Å². The number of nitrogens with zero attached hydrogens (tertiary/aromatic N) is 3. The summed E-state index contributed by atoms with van der Waals surface area (Å²) < 4.78 is 40.1. The number of rotatable bonds is 3. The van der Waals surface area contributed by atoms with Gasteiger partial charge < -0.3 is 5.32 Å². The number of aromatic nitrogens is 3. The smallest absolute Gasteiger partial charge is 0.352 e. The van der Waals surface area contributed by atoms with Crippen LogP contribution in [0.4, 0.5) is 13.2 Å². The summed E-state index contributed by atoms with van der Waals surface area (Å²) in [5, 5.41) is 2.65. The Morgan fingerprint density at radius 1 is 1.22 bits per heavy atom. The highest BCUT2D eigenvalue weighted by molar-refractivity contribution is 5.77. The first-order valence-corrected chi connectivity index (χ1v) is 8.65. The number of pyridine rings is 1. The van der Waals surface area contributed by atoms with Crippen LogP contribution in [0.25, 0.3) is 11.0 Å². The second-order valence-electron chi connectivity index (χ2n) is 6.70. The molecule has 0 atom stereocenters. The molecule has 0 aromatic carbocycles. The molecule has 3 rings (SSSR count). The molecular formula is C17H19F3N4O3. The largest absolute Gasteiger partial charge is 0.433 e. The van der Waals surface area contributed by atoms with Gasteiger partial charge in [-0.1, -0.05) is 19.3 Å². The maximum Gasteiger partial charge on any atom is 0.433 e. The summed E-state index contributed by atoms with van der Waals surface area (Å²) in [5.74, 6) is -0.472. The number of aryl methyl sites for hydroxylation is 1. The van der Waals surface area contributed by atoms with E-state index in [-0.39, 0.29) is 17.1 Å². The van der Waals surface area contributed by atoms with Crippen molar-refractivity contribution in [2.24, 2.45) is 7.05 Å². The zero-order chi connectivity index (χ0) is 19.8. The van der Waals surface area contributed by atoms with Gasteiger partial charge in [0.05, 0.1) is 5.39 Å². The van der Waals surface area contributed by atoms with Gasteiger partial charge in [0.1, 0.15) is 17.9 Å². The molecule has 2 aromatic heterocycles. The number of hydrogen-bond acceptors (Lipinski definition) is 4. The second-order valence-corrected chi connectivity index (χ2v) is 6.70. The molecule has 7 nitrogen and oxygen atoms in total. The Morgan fingerprint density at radius 2 is 1.89 bits per heavy atom. The first kappa shape index (κ1) is 19.1. The highest BCUT2D eigenvalue weighted by atomic mass is 19.4.